The molecule has 1 heterocycles. The molecular formula is C19H17ClN4O3. The van der Waals surface area contributed by atoms with Crippen LogP contribution in [-0.2, 0) is 16.1 Å². The van der Waals surface area contributed by atoms with E-state index in [9.17, 15) is 9.59 Å². The highest BCUT2D eigenvalue weighted by Gasteiger charge is 2.19. The number of amides is 1. The van der Waals surface area contributed by atoms with Gasteiger partial charge in [-0.05, 0) is 30.7 Å². The Hall–Kier alpha value is -3.19. The highest BCUT2D eigenvalue weighted by Crippen LogP contribution is 2.14. The van der Waals surface area contributed by atoms with Crippen LogP contribution in [0.4, 0.5) is 0 Å². The standard InChI is InChI=1S/C19H17ClN4O3/c1-13-18(23-24(22-13)15-8-3-2-4-9-15)19(26)27-12-17(25)21-11-14-7-5-6-10-16(14)20/h2-10H,11-12H2,1H3,(H,21,25). The van der Waals surface area contributed by atoms with Crippen LogP contribution in [0, 0.1) is 6.92 Å². The second-order valence-corrected chi connectivity index (χ2v) is 6.11. The first-order valence-corrected chi connectivity index (χ1v) is 8.59. The molecular weight excluding hydrogens is 368 g/mol. The van der Waals surface area contributed by atoms with E-state index in [1.807, 2.05) is 36.4 Å². The van der Waals surface area contributed by atoms with E-state index in [2.05, 4.69) is 15.5 Å². The number of nitrogens with zero attached hydrogens (tertiary/aromatic N) is 3. The van der Waals surface area contributed by atoms with Crippen molar-refractivity contribution in [3.8, 4) is 5.69 Å². The predicted molar refractivity (Wildman–Crippen MR) is 99.7 cm³/mol. The Labute approximate surface area is 160 Å². The van der Waals surface area contributed by atoms with Crippen LogP contribution in [0.2, 0.25) is 5.02 Å². The van der Waals surface area contributed by atoms with E-state index in [0.29, 0.717) is 10.7 Å². The largest absolute Gasteiger partial charge is 0.451 e. The van der Waals surface area contributed by atoms with Gasteiger partial charge in [0.25, 0.3) is 5.91 Å². The van der Waals surface area contributed by atoms with Crippen molar-refractivity contribution in [1.29, 1.82) is 0 Å². The number of esters is 1. The summed E-state index contributed by atoms with van der Waals surface area (Å²) in [7, 11) is 0. The molecule has 1 amide bonds. The molecule has 3 aromatic rings. The summed E-state index contributed by atoms with van der Waals surface area (Å²) in [5.74, 6) is -1.14. The van der Waals surface area contributed by atoms with E-state index < -0.39 is 18.5 Å². The minimum Gasteiger partial charge on any atom is -0.451 e. The Morgan fingerprint density at radius 1 is 1.07 bits per heavy atom. The first-order valence-electron chi connectivity index (χ1n) is 8.21. The highest BCUT2D eigenvalue weighted by atomic mass is 35.5. The molecule has 0 saturated heterocycles. The van der Waals surface area contributed by atoms with E-state index in [4.69, 9.17) is 16.3 Å². The predicted octanol–water partition coefficient (Wildman–Crippen LogP) is 2.70. The fraction of sp³-hybridized carbons (Fsp3) is 0.158. The third kappa shape index (κ3) is 4.71. The summed E-state index contributed by atoms with van der Waals surface area (Å²) < 4.78 is 5.04. The number of ether oxygens (including phenoxy) is 1. The van der Waals surface area contributed by atoms with Crippen LogP contribution in [0.15, 0.2) is 54.6 Å². The number of aryl methyl sites for hydroxylation is 1. The molecule has 0 radical (unpaired) electrons. The molecule has 0 bridgehead atoms. The monoisotopic (exact) mass is 384 g/mol. The molecule has 27 heavy (non-hydrogen) atoms. The van der Waals surface area contributed by atoms with E-state index in [-0.39, 0.29) is 12.2 Å². The van der Waals surface area contributed by atoms with Crippen LogP contribution in [0.1, 0.15) is 21.7 Å². The number of rotatable bonds is 6. The number of carbonyl (C=O) groups excluding carboxylic acids is 2. The van der Waals surface area contributed by atoms with Crippen molar-refractivity contribution >= 4 is 23.5 Å². The molecule has 7 nitrogen and oxygen atoms in total. The smallest absolute Gasteiger partial charge is 0.361 e. The van der Waals surface area contributed by atoms with Crippen molar-refractivity contribution in [1.82, 2.24) is 20.3 Å². The summed E-state index contributed by atoms with van der Waals surface area (Å²) in [6, 6.07) is 16.4. The summed E-state index contributed by atoms with van der Waals surface area (Å²) >= 11 is 6.03. The van der Waals surface area contributed by atoms with E-state index >= 15 is 0 Å². The molecule has 0 aliphatic rings. The van der Waals surface area contributed by atoms with Gasteiger partial charge in [0.2, 0.25) is 0 Å². The van der Waals surface area contributed by atoms with E-state index in [1.165, 1.54) is 4.80 Å². The average Bonchev–Trinajstić information content (AvgIpc) is 3.08. The van der Waals surface area contributed by atoms with Gasteiger partial charge in [-0.1, -0.05) is 48.0 Å². The molecule has 138 valence electrons. The third-order valence-corrected chi connectivity index (χ3v) is 4.10. The summed E-state index contributed by atoms with van der Waals surface area (Å²) in [5, 5.41) is 11.6. The second kappa shape index (κ2) is 8.46. The zero-order valence-electron chi connectivity index (χ0n) is 14.6. The lowest BCUT2D eigenvalue weighted by Gasteiger charge is -2.07. The number of para-hydroxylation sites is 1. The Bertz CT molecular complexity index is 957. The van der Waals surface area contributed by atoms with E-state index in [1.54, 1.807) is 25.1 Å². The molecule has 0 unspecified atom stereocenters. The fourth-order valence-corrected chi connectivity index (χ4v) is 2.53. The van der Waals surface area contributed by atoms with Gasteiger partial charge in [0.1, 0.15) is 0 Å². The number of aromatic nitrogens is 3. The molecule has 0 atom stereocenters. The zero-order chi connectivity index (χ0) is 19.2. The topological polar surface area (TPSA) is 86.1 Å². The van der Waals surface area contributed by atoms with Gasteiger partial charge in [-0.2, -0.15) is 9.90 Å². The van der Waals surface area contributed by atoms with Gasteiger partial charge < -0.3 is 10.1 Å². The zero-order valence-corrected chi connectivity index (χ0v) is 15.3. The second-order valence-electron chi connectivity index (χ2n) is 5.70. The number of carbonyl (C=O) groups is 2. The molecule has 0 fully saturated rings. The van der Waals surface area contributed by atoms with Gasteiger partial charge in [-0.3, -0.25) is 4.79 Å². The molecule has 3 rings (SSSR count). The van der Waals surface area contributed by atoms with Crippen molar-refractivity contribution in [3.63, 3.8) is 0 Å². The summed E-state index contributed by atoms with van der Waals surface area (Å²) in [6.07, 6.45) is 0. The molecule has 0 saturated carbocycles. The van der Waals surface area contributed by atoms with Gasteiger partial charge in [0.05, 0.1) is 11.4 Å². The maximum absolute atomic E-state index is 12.2. The minimum atomic E-state index is -0.706. The summed E-state index contributed by atoms with van der Waals surface area (Å²) in [6.45, 7) is 1.49. The summed E-state index contributed by atoms with van der Waals surface area (Å²) in [4.78, 5) is 25.5. The lowest BCUT2D eigenvalue weighted by atomic mass is 10.2. The van der Waals surface area contributed by atoms with Crippen molar-refractivity contribution in [2.45, 2.75) is 13.5 Å². The first kappa shape index (κ1) is 18.6. The fourth-order valence-electron chi connectivity index (χ4n) is 2.33. The molecule has 1 N–H and O–H groups in total. The Balaban J connectivity index is 1.55. The maximum Gasteiger partial charge on any atom is 0.361 e. The Morgan fingerprint density at radius 2 is 1.78 bits per heavy atom. The Kier molecular flexibility index (Phi) is 5.83. The lowest BCUT2D eigenvalue weighted by molar-refractivity contribution is -0.124. The third-order valence-electron chi connectivity index (χ3n) is 3.73. The van der Waals surface area contributed by atoms with Gasteiger partial charge in [-0.25, -0.2) is 4.79 Å². The first-order chi connectivity index (χ1) is 13.0. The van der Waals surface area contributed by atoms with Gasteiger partial charge >= 0.3 is 5.97 Å². The molecule has 0 aliphatic carbocycles. The van der Waals surface area contributed by atoms with Crippen molar-refractivity contribution in [2.75, 3.05) is 6.61 Å². The quantitative estimate of drug-likeness (QED) is 0.660. The van der Waals surface area contributed by atoms with Gasteiger partial charge in [0.15, 0.2) is 12.3 Å². The lowest BCUT2D eigenvalue weighted by Crippen LogP contribution is -2.28. The van der Waals surface area contributed by atoms with Gasteiger partial charge in [0, 0.05) is 11.6 Å². The highest BCUT2D eigenvalue weighted by molar-refractivity contribution is 6.31. The molecule has 8 heteroatoms. The molecule has 0 spiro atoms. The summed E-state index contributed by atoms with van der Waals surface area (Å²) in [5.41, 5.74) is 1.98. The number of hydrogen-bond donors (Lipinski definition) is 1. The van der Waals surface area contributed by atoms with Crippen LogP contribution in [-0.4, -0.2) is 33.5 Å². The van der Waals surface area contributed by atoms with Crippen LogP contribution in [0.5, 0.6) is 0 Å². The normalized spacial score (nSPS) is 10.4. The number of benzene rings is 2. The van der Waals surface area contributed by atoms with Crippen LogP contribution in [0.25, 0.3) is 5.69 Å². The van der Waals surface area contributed by atoms with Crippen molar-refractivity contribution in [3.05, 3.63) is 76.6 Å². The Morgan fingerprint density at radius 3 is 2.52 bits per heavy atom. The van der Waals surface area contributed by atoms with Gasteiger partial charge in [-0.15, -0.1) is 5.10 Å². The van der Waals surface area contributed by atoms with Crippen molar-refractivity contribution in [2.24, 2.45) is 0 Å². The molecule has 2 aromatic carbocycles. The molecule has 0 aliphatic heterocycles. The number of hydrogen-bond acceptors (Lipinski definition) is 5. The van der Waals surface area contributed by atoms with Crippen molar-refractivity contribution < 1.29 is 14.3 Å². The van der Waals surface area contributed by atoms with Crippen LogP contribution >= 0.6 is 11.6 Å². The molecule has 1 aromatic heterocycles. The number of halogens is 1. The average molecular weight is 385 g/mol. The SMILES string of the molecule is Cc1nn(-c2ccccc2)nc1C(=O)OCC(=O)NCc1ccccc1Cl. The van der Waals surface area contributed by atoms with E-state index in [0.717, 1.165) is 11.3 Å². The van der Waals surface area contributed by atoms with Crippen LogP contribution < -0.4 is 5.32 Å². The van der Waals surface area contributed by atoms with Crippen LogP contribution in [0.3, 0.4) is 0 Å². The number of nitrogens with one attached hydrogen (secondary N) is 1. The maximum atomic E-state index is 12.2. The minimum absolute atomic E-state index is 0.0674.